The Morgan fingerprint density at radius 2 is 2.14 bits per heavy atom. The Balaban J connectivity index is 1.95. The van der Waals surface area contributed by atoms with Crippen molar-refractivity contribution in [3.8, 4) is 0 Å². The first kappa shape index (κ1) is 16.0. The van der Waals surface area contributed by atoms with E-state index in [0.29, 0.717) is 13.1 Å². The fourth-order valence-corrected chi connectivity index (χ4v) is 2.05. The van der Waals surface area contributed by atoms with Crippen LogP contribution in [0.4, 0.5) is 10.7 Å². The zero-order valence-electron chi connectivity index (χ0n) is 12.8. The van der Waals surface area contributed by atoms with Crippen molar-refractivity contribution in [3.05, 3.63) is 42.2 Å². The van der Waals surface area contributed by atoms with Crippen molar-refractivity contribution < 1.29 is 9.90 Å². The molecule has 0 aliphatic carbocycles. The summed E-state index contributed by atoms with van der Waals surface area (Å²) in [6, 6.07) is 9.57. The lowest BCUT2D eigenvalue weighted by Crippen LogP contribution is -2.39. The Bertz CT molecular complexity index is 597. The first-order valence-corrected chi connectivity index (χ1v) is 7.26. The van der Waals surface area contributed by atoms with Crippen molar-refractivity contribution in [1.82, 2.24) is 19.7 Å². The van der Waals surface area contributed by atoms with Gasteiger partial charge in [-0.3, -0.25) is 5.32 Å². The first-order chi connectivity index (χ1) is 10.6. The van der Waals surface area contributed by atoms with Crippen LogP contribution < -0.4 is 5.32 Å². The highest BCUT2D eigenvalue weighted by molar-refractivity contribution is 5.87. The Morgan fingerprint density at radius 1 is 1.41 bits per heavy atom. The summed E-state index contributed by atoms with van der Waals surface area (Å²) in [6.45, 7) is 4.86. The third-order valence-electron chi connectivity index (χ3n) is 3.10. The van der Waals surface area contributed by atoms with E-state index in [2.05, 4.69) is 15.4 Å². The van der Waals surface area contributed by atoms with Gasteiger partial charge in [0.15, 0.2) is 0 Å². The molecule has 2 aromatic rings. The molecule has 22 heavy (non-hydrogen) atoms. The monoisotopic (exact) mass is 303 g/mol. The van der Waals surface area contributed by atoms with Gasteiger partial charge in [0.05, 0.1) is 12.6 Å². The van der Waals surface area contributed by atoms with Gasteiger partial charge in [0.25, 0.3) is 0 Å². The van der Waals surface area contributed by atoms with Crippen LogP contribution in [-0.2, 0) is 6.54 Å². The summed E-state index contributed by atoms with van der Waals surface area (Å²) in [6.07, 6.45) is 1.00. The van der Waals surface area contributed by atoms with Gasteiger partial charge in [-0.15, -0.1) is 5.10 Å². The second-order valence-corrected chi connectivity index (χ2v) is 5.07. The summed E-state index contributed by atoms with van der Waals surface area (Å²) in [5.41, 5.74) is 1.11. The lowest BCUT2D eigenvalue weighted by Gasteiger charge is -2.21. The molecule has 1 atom stereocenters. The molecule has 2 amide bonds. The number of likely N-dealkylation sites (N-methyl/N-ethyl adjacent to an activating group) is 1. The average Bonchev–Trinajstić information content (AvgIpc) is 2.92. The van der Waals surface area contributed by atoms with Crippen molar-refractivity contribution in [3.63, 3.8) is 0 Å². The predicted octanol–water partition coefficient (Wildman–Crippen LogP) is 1.56. The zero-order valence-corrected chi connectivity index (χ0v) is 12.8. The Labute approximate surface area is 129 Å². The molecule has 0 fully saturated rings. The van der Waals surface area contributed by atoms with Gasteiger partial charge in [-0.05, 0) is 19.4 Å². The minimum absolute atomic E-state index is 0.255. The normalized spacial score (nSPS) is 12.0. The first-order valence-electron chi connectivity index (χ1n) is 7.26. The van der Waals surface area contributed by atoms with E-state index < -0.39 is 6.10 Å². The summed E-state index contributed by atoms with van der Waals surface area (Å²) in [4.78, 5) is 17.6. The maximum Gasteiger partial charge on any atom is 0.324 e. The molecule has 0 aliphatic rings. The number of aliphatic hydroxyl groups is 1. The number of hydrogen-bond donors (Lipinski definition) is 2. The van der Waals surface area contributed by atoms with E-state index in [9.17, 15) is 9.90 Å². The van der Waals surface area contributed by atoms with Gasteiger partial charge in [-0.2, -0.15) is 0 Å². The number of nitrogens with zero attached hydrogens (tertiary/aromatic N) is 4. The van der Waals surface area contributed by atoms with E-state index in [0.717, 1.165) is 5.56 Å². The minimum atomic E-state index is -0.575. The number of amides is 2. The van der Waals surface area contributed by atoms with Crippen LogP contribution in [-0.4, -0.2) is 50.0 Å². The number of aliphatic hydroxyl groups excluding tert-OH is 1. The van der Waals surface area contributed by atoms with E-state index in [-0.39, 0.29) is 18.5 Å². The van der Waals surface area contributed by atoms with Crippen LogP contribution in [0.25, 0.3) is 0 Å². The number of benzene rings is 1. The number of anilines is 1. The zero-order chi connectivity index (χ0) is 15.9. The fourth-order valence-electron chi connectivity index (χ4n) is 2.05. The second-order valence-electron chi connectivity index (χ2n) is 5.07. The van der Waals surface area contributed by atoms with Crippen molar-refractivity contribution >= 4 is 12.0 Å². The Hall–Kier alpha value is -2.41. The van der Waals surface area contributed by atoms with E-state index in [1.54, 1.807) is 17.9 Å². The molecule has 1 aromatic heterocycles. The van der Waals surface area contributed by atoms with Crippen molar-refractivity contribution in [2.24, 2.45) is 0 Å². The lowest BCUT2D eigenvalue weighted by atomic mass is 10.2. The number of carbonyl (C=O) groups is 1. The second kappa shape index (κ2) is 7.56. The maximum atomic E-state index is 12.1. The maximum absolute atomic E-state index is 12.1. The molecule has 0 spiro atoms. The number of carbonyl (C=O) groups excluding carboxylic acids is 1. The van der Waals surface area contributed by atoms with Crippen LogP contribution in [0, 0.1) is 0 Å². The van der Waals surface area contributed by atoms with Crippen LogP contribution in [0.3, 0.4) is 0 Å². The third kappa shape index (κ3) is 4.56. The summed E-state index contributed by atoms with van der Waals surface area (Å²) in [7, 11) is 0. The standard InChI is InChI=1S/C15H21N5O2/c1-3-19(9-12(2)21)15(22)17-14-16-11-20(18-14)10-13-7-5-4-6-8-13/h4-8,11-12,21H,3,9-10H2,1-2H3,(H,17,18,22). The highest BCUT2D eigenvalue weighted by Crippen LogP contribution is 2.04. The summed E-state index contributed by atoms with van der Waals surface area (Å²) in [5, 5.41) is 16.2. The molecular formula is C15H21N5O2. The van der Waals surface area contributed by atoms with Crippen molar-refractivity contribution in [1.29, 1.82) is 0 Å². The van der Waals surface area contributed by atoms with Crippen LogP contribution in [0.2, 0.25) is 0 Å². The molecule has 7 heteroatoms. The van der Waals surface area contributed by atoms with Gasteiger partial charge in [0.2, 0.25) is 5.95 Å². The summed E-state index contributed by atoms with van der Waals surface area (Å²) in [5.74, 6) is 0.255. The van der Waals surface area contributed by atoms with Crippen molar-refractivity contribution in [2.75, 3.05) is 18.4 Å². The molecule has 7 nitrogen and oxygen atoms in total. The van der Waals surface area contributed by atoms with E-state index in [1.165, 1.54) is 4.90 Å². The van der Waals surface area contributed by atoms with Gasteiger partial charge in [-0.25, -0.2) is 14.5 Å². The summed E-state index contributed by atoms with van der Waals surface area (Å²) < 4.78 is 1.66. The highest BCUT2D eigenvalue weighted by Gasteiger charge is 2.15. The largest absolute Gasteiger partial charge is 0.392 e. The molecule has 0 bridgehead atoms. The topological polar surface area (TPSA) is 83.3 Å². The average molecular weight is 303 g/mol. The molecule has 0 saturated heterocycles. The van der Waals surface area contributed by atoms with E-state index in [4.69, 9.17) is 0 Å². The van der Waals surface area contributed by atoms with Crippen LogP contribution >= 0.6 is 0 Å². The van der Waals surface area contributed by atoms with Crippen LogP contribution in [0.1, 0.15) is 19.4 Å². The molecule has 0 aliphatic heterocycles. The SMILES string of the molecule is CCN(CC(C)O)C(=O)Nc1ncn(Cc2ccccc2)n1. The molecule has 0 radical (unpaired) electrons. The number of urea groups is 1. The molecule has 1 unspecified atom stereocenters. The number of aromatic nitrogens is 3. The smallest absolute Gasteiger partial charge is 0.324 e. The molecule has 1 aromatic carbocycles. The lowest BCUT2D eigenvalue weighted by molar-refractivity contribution is 0.141. The highest BCUT2D eigenvalue weighted by atomic mass is 16.3. The number of hydrogen-bond acceptors (Lipinski definition) is 4. The summed E-state index contributed by atoms with van der Waals surface area (Å²) >= 11 is 0. The van der Waals surface area contributed by atoms with E-state index >= 15 is 0 Å². The van der Waals surface area contributed by atoms with Crippen molar-refractivity contribution in [2.45, 2.75) is 26.5 Å². The number of rotatable bonds is 6. The predicted molar refractivity (Wildman–Crippen MR) is 83.5 cm³/mol. The van der Waals surface area contributed by atoms with Gasteiger partial charge < -0.3 is 10.0 Å². The molecule has 1 heterocycles. The van der Waals surface area contributed by atoms with Gasteiger partial charge in [-0.1, -0.05) is 30.3 Å². The van der Waals surface area contributed by atoms with Crippen LogP contribution in [0.5, 0.6) is 0 Å². The fraction of sp³-hybridized carbons (Fsp3) is 0.400. The Kier molecular flexibility index (Phi) is 5.48. The molecule has 2 N–H and O–H groups in total. The van der Waals surface area contributed by atoms with Gasteiger partial charge >= 0.3 is 6.03 Å². The van der Waals surface area contributed by atoms with E-state index in [1.807, 2.05) is 37.3 Å². The quantitative estimate of drug-likeness (QED) is 0.848. The molecule has 118 valence electrons. The third-order valence-corrected chi connectivity index (χ3v) is 3.10. The van der Waals surface area contributed by atoms with Gasteiger partial charge in [0.1, 0.15) is 6.33 Å². The molecule has 0 saturated carbocycles. The number of nitrogens with one attached hydrogen (secondary N) is 1. The minimum Gasteiger partial charge on any atom is -0.392 e. The van der Waals surface area contributed by atoms with Gasteiger partial charge in [0, 0.05) is 13.1 Å². The molecule has 2 rings (SSSR count). The molecular weight excluding hydrogens is 282 g/mol. The van der Waals surface area contributed by atoms with Crippen LogP contribution in [0.15, 0.2) is 36.7 Å². The Morgan fingerprint density at radius 3 is 2.77 bits per heavy atom.